The Morgan fingerprint density at radius 1 is 1.20 bits per heavy atom. The molecule has 0 heterocycles. The predicted molar refractivity (Wildman–Crippen MR) is 68.7 cm³/mol. The third-order valence-electron chi connectivity index (χ3n) is 3.18. The molecule has 0 bridgehead atoms. The first-order valence-corrected chi connectivity index (χ1v) is 6.19. The minimum atomic E-state index is 0.295. The zero-order valence-electron chi connectivity index (χ0n) is 10.2. The van der Waals surface area contributed by atoms with E-state index in [4.69, 9.17) is 11.6 Å². The largest absolute Gasteiger partial charge is 0.123 e. The van der Waals surface area contributed by atoms with E-state index in [9.17, 15) is 0 Å². The van der Waals surface area contributed by atoms with E-state index in [1.165, 1.54) is 16.7 Å². The predicted octanol–water partition coefficient (Wildman–Crippen LogP) is 4.50. The average molecular weight is 225 g/mol. The lowest BCUT2D eigenvalue weighted by molar-refractivity contribution is 0.529. The molecule has 0 aliphatic carbocycles. The van der Waals surface area contributed by atoms with Crippen molar-refractivity contribution >= 4 is 11.6 Å². The minimum absolute atomic E-state index is 0.295. The van der Waals surface area contributed by atoms with Crippen molar-refractivity contribution in [3.05, 3.63) is 34.9 Å². The SMILES string of the molecule is CCC(Cl)C(C)Cc1c(C)cccc1C. The van der Waals surface area contributed by atoms with Crippen molar-refractivity contribution in [2.24, 2.45) is 5.92 Å². The summed E-state index contributed by atoms with van der Waals surface area (Å²) in [4.78, 5) is 0. The minimum Gasteiger partial charge on any atom is -0.123 e. The lowest BCUT2D eigenvalue weighted by Gasteiger charge is -2.19. The number of benzene rings is 1. The molecule has 0 nitrogen and oxygen atoms in total. The standard InChI is InChI=1S/C14H21Cl/c1-5-14(15)12(4)9-13-10(2)7-6-8-11(13)3/h6-8,12,14H,5,9H2,1-4H3. The Hall–Kier alpha value is -0.490. The van der Waals surface area contributed by atoms with E-state index >= 15 is 0 Å². The Morgan fingerprint density at radius 2 is 1.73 bits per heavy atom. The summed E-state index contributed by atoms with van der Waals surface area (Å²) in [6.45, 7) is 8.76. The Labute approximate surface area is 98.7 Å². The van der Waals surface area contributed by atoms with E-state index in [0.29, 0.717) is 11.3 Å². The number of halogens is 1. The van der Waals surface area contributed by atoms with Gasteiger partial charge in [-0.25, -0.2) is 0 Å². The molecule has 0 N–H and O–H groups in total. The van der Waals surface area contributed by atoms with Gasteiger partial charge >= 0.3 is 0 Å². The van der Waals surface area contributed by atoms with Crippen molar-refractivity contribution in [3.8, 4) is 0 Å². The summed E-state index contributed by atoms with van der Waals surface area (Å²) in [5.74, 6) is 0.552. The topological polar surface area (TPSA) is 0 Å². The van der Waals surface area contributed by atoms with Crippen LogP contribution in [0.2, 0.25) is 0 Å². The van der Waals surface area contributed by atoms with Crippen molar-refractivity contribution < 1.29 is 0 Å². The number of hydrogen-bond acceptors (Lipinski definition) is 0. The summed E-state index contributed by atoms with van der Waals surface area (Å²) in [7, 11) is 0. The van der Waals surface area contributed by atoms with E-state index in [-0.39, 0.29) is 0 Å². The molecule has 0 aromatic heterocycles. The summed E-state index contributed by atoms with van der Waals surface area (Å²) in [5, 5.41) is 0.295. The van der Waals surface area contributed by atoms with Crippen LogP contribution in [0.1, 0.15) is 37.0 Å². The zero-order chi connectivity index (χ0) is 11.4. The van der Waals surface area contributed by atoms with Crippen LogP contribution in [-0.4, -0.2) is 5.38 Å². The normalized spacial score (nSPS) is 15.0. The summed E-state index contributed by atoms with van der Waals surface area (Å²) in [6, 6.07) is 6.49. The Bertz CT molecular complexity index is 297. The second-order valence-corrected chi connectivity index (χ2v) is 5.04. The van der Waals surface area contributed by atoms with E-state index < -0.39 is 0 Å². The molecule has 15 heavy (non-hydrogen) atoms. The Balaban J connectivity index is 2.80. The van der Waals surface area contributed by atoms with Gasteiger partial charge < -0.3 is 0 Å². The highest BCUT2D eigenvalue weighted by Crippen LogP contribution is 2.23. The van der Waals surface area contributed by atoms with Gasteiger partial charge in [0.1, 0.15) is 0 Å². The van der Waals surface area contributed by atoms with Crippen molar-refractivity contribution in [1.29, 1.82) is 0 Å². The van der Waals surface area contributed by atoms with Crippen molar-refractivity contribution in [2.45, 2.75) is 45.9 Å². The van der Waals surface area contributed by atoms with Gasteiger partial charge in [0.05, 0.1) is 0 Å². The van der Waals surface area contributed by atoms with Gasteiger partial charge in [0, 0.05) is 5.38 Å². The zero-order valence-corrected chi connectivity index (χ0v) is 10.9. The molecule has 1 heteroatoms. The molecule has 0 radical (unpaired) electrons. The number of rotatable bonds is 4. The first-order chi connectivity index (χ1) is 7.06. The molecule has 0 saturated carbocycles. The summed E-state index contributed by atoms with van der Waals surface area (Å²) >= 11 is 6.27. The van der Waals surface area contributed by atoms with Gasteiger partial charge in [0.2, 0.25) is 0 Å². The monoisotopic (exact) mass is 224 g/mol. The van der Waals surface area contributed by atoms with Crippen LogP contribution < -0.4 is 0 Å². The van der Waals surface area contributed by atoms with Crippen LogP contribution in [0.5, 0.6) is 0 Å². The van der Waals surface area contributed by atoms with E-state index in [0.717, 1.165) is 12.8 Å². The van der Waals surface area contributed by atoms with Gasteiger partial charge in [-0.1, -0.05) is 32.0 Å². The first kappa shape index (κ1) is 12.6. The molecule has 0 saturated heterocycles. The molecule has 84 valence electrons. The van der Waals surface area contributed by atoms with Gasteiger partial charge in [-0.2, -0.15) is 0 Å². The Kier molecular flexibility index (Phi) is 4.66. The van der Waals surface area contributed by atoms with Gasteiger partial charge in [-0.05, 0) is 49.3 Å². The first-order valence-electron chi connectivity index (χ1n) is 5.75. The summed E-state index contributed by atoms with van der Waals surface area (Å²) < 4.78 is 0. The number of alkyl halides is 1. The number of aryl methyl sites for hydroxylation is 2. The van der Waals surface area contributed by atoms with E-state index in [1.54, 1.807) is 0 Å². The molecule has 0 aliphatic rings. The highest BCUT2D eigenvalue weighted by atomic mass is 35.5. The second kappa shape index (κ2) is 5.55. The molecular formula is C14H21Cl. The lowest BCUT2D eigenvalue weighted by Crippen LogP contribution is -2.14. The molecule has 1 rings (SSSR count). The van der Waals surface area contributed by atoms with Gasteiger partial charge in [-0.3, -0.25) is 0 Å². The van der Waals surface area contributed by atoms with Gasteiger partial charge in [0.15, 0.2) is 0 Å². The average Bonchev–Trinajstić information content (AvgIpc) is 2.22. The molecule has 1 aromatic rings. The van der Waals surface area contributed by atoms with Crippen LogP contribution >= 0.6 is 11.6 Å². The number of hydrogen-bond donors (Lipinski definition) is 0. The van der Waals surface area contributed by atoms with Crippen LogP contribution in [0.4, 0.5) is 0 Å². The highest BCUT2D eigenvalue weighted by molar-refractivity contribution is 6.20. The molecule has 0 aliphatic heterocycles. The van der Waals surface area contributed by atoms with Crippen LogP contribution in [0, 0.1) is 19.8 Å². The fourth-order valence-electron chi connectivity index (χ4n) is 2.02. The molecule has 0 fully saturated rings. The van der Waals surface area contributed by atoms with Crippen LogP contribution in [0.3, 0.4) is 0 Å². The maximum atomic E-state index is 6.27. The molecule has 0 spiro atoms. The molecule has 2 atom stereocenters. The molecular weight excluding hydrogens is 204 g/mol. The molecule has 0 amide bonds. The Morgan fingerprint density at radius 3 is 2.20 bits per heavy atom. The fourth-order valence-corrected chi connectivity index (χ4v) is 2.11. The molecule has 1 aromatic carbocycles. The fraction of sp³-hybridized carbons (Fsp3) is 0.571. The maximum absolute atomic E-state index is 6.27. The van der Waals surface area contributed by atoms with Crippen molar-refractivity contribution in [2.75, 3.05) is 0 Å². The van der Waals surface area contributed by atoms with Crippen LogP contribution in [0.15, 0.2) is 18.2 Å². The van der Waals surface area contributed by atoms with Crippen molar-refractivity contribution in [3.63, 3.8) is 0 Å². The summed E-state index contributed by atoms with van der Waals surface area (Å²) in [6.07, 6.45) is 2.15. The van der Waals surface area contributed by atoms with Crippen LogP contribution in [-0.2, 0) is 6.42 Å². The summed E-state index contributed by atoms with van der Waals surface area (Å²) in [5.41, 5.74) is 4.26. The third-order valence-corrected chi connectivity index (χ3v) is 3.92. The van der Waals surface area contributed by atoms with Gasteiger partial charge in [0.25, 0.3) is 0 Å². The third kappa shape index (κ3) is 3.24. The van der Waals surface area contributed by atoms with Gasteiger partial charge in [-0.15, -0.1) is 11.6 Å². The maximum Gasteiger partial charge on any atom is 0.0362 e. The highest BCUT2D eigenvalue weighted by Gasteiger charge is 2.14. The quantitative estimate of drug-likeness (QED) is 0.661. The van der Waals surface area contributed by atoms with E-state index in [1.807, 2.05) is 0 Å². The van der Waals surface area contributed by atoms with E-state index in [2.05, 4.69) is 45.9 Å². The van der Waals surface area contributed by atoms with Crippen molar-refractivity contribution in [1.82, 2.24) is 0 Å². The smallest absolute Gasteiger partial charge is 0.0362 e. The van der Waals surface area contributed by atoms with Crippen LogP contribution in [0.25, 0.3) is 0 Å². The molecule has 2 unspecified atom stereocenters. The second-order valence-electron chi connectivity index (χ2n) is 4.48. The lowest BCUT2D eigenvalue weighted by atomic mass is 9.91.